The van der Waals surface area contributed by atoms with Crippen LogP contribution in [0.3, 0.4) is 0 Å². The Morgan fingerprint density at radius 2 is 1.32 bits per heavy atom. The predicted octanol–water partition coefficient (Wildman–Crippen LogP) is 6.55. The minimum absolute atomic E-state index is 0.303. The van der Waals surface area contributed by atoms with Gasteiger partial charge in [0.15, 0.2) is 0 Å². The smallest absolute Gasteiger partial charge is 0.138 e. The highest BCUT2D eigenvalue weighted by Crippen LogP contribution is 2.33. The summed E-state index contributed by atoms with van der Waals surface area (Å²) in [6, 6.07) is 20.3. The fourth-order valence-corrected chi connectivity index (χ4v) is 4.34. The summed E-state index contributed by atoms with van der Waals surface area (Å²) >= 11 is 0. The van der Waals surface area contributed by atoms with Crippen LogP contribution in [0.5, 0.6) is 5.75 Å². The van der Waals surface area contributed by atoms with E-state index in [1.807, 2.05) is 24.3 Å². The van der Waals surface area contributed by atoms with Crippen molar-refractivity contribution >= 4 is 0 Å². The van der Waals surface area contributed by atoms with Crippen molar-refractivity contribution in [1.29, 1.82) is 0 Å². The van der Waals surface area contributed by atoms with E-state index in [2.05, 4.69) is 9.88 Å². The minimum Gasteiger partial charge on any atom is -0.492 e. The quantitative estimate of drug-likeness (QED) is 0.341. The molecular weight excluding hydrogens is 432 g/mol. The van der Waals surface area contributed by atoms with Crippen LogP contribution in [0.25, 0.3) is 33.9 Å². The lowest BCUT2D eigenvalue weighted by Crippen LogP contribution is -2.33. The number of hydrogen-bond acceptors (Lipinski definition) is 3. The molecule has 1 aliphatic rings. The number of H-pyrrole nitrogens is 1. The summed E-state index contributed by atoms with van der Waals surface area (Å²) in [5, 5.41) is 0. The number of imidazole rings is 1. The average Bonchev–Trinajstić information content (AvgIpc) is 3.31. The molecule has 4 nitrogen and oxygen atoms in total. The number of rotatable bonds is 7. The molecule has 1 N–H and O–H groups in total. The van der Waals surface area contributed by atoms with Gasteiger partial charge in [0.2, 0.25) is 0 Å². The molecule has 0 bridgehead atoms. The standard InChI is InChI=1S/C28H27F2N3O/c29-23-10-4-20(5-11-23)26-27(21-6-12-24(30)13-7-21)32-28(31-26)22-8-14-25(15-9-22)34-19-18-33-16-2-1-3-17-33/h4-15H,1-3,16-19H2,(H,31,32). The van der Waals surface area contributed by atoms with Gasteiger partial charge in [0, 0.05) is 23.2 Å². The number of aromatic amines is 1. The van der Waals surface area contributed by atoms with Crippen molar-refractivity contribution in [2.24, 2.45) is 0 Å². The van der Waals surface area contributed by atoms with E-state index >= 15 is 0 Å². The number of ether oxygens (including phenoxy) is 1. The third-order valence-corrected chi connectivity index (χ3v) is 6.21. The van der Waals surface area contributed by atoms with E-state index in [9.17, 15) is 8.78 Å². The zero-order chi connectivity index (χ0) is 23.3. The Balaban J connectivity index is 1.37. The Bertz CT molecular complexity index is 1150. The highest BCUT2D eigenvalue weighted by atomic mass is 19.1. The first-order valence-corrected chi connectivity index (χ1v) is 11.7. The van der Waals surface area contributed by atoms with E-state index in [0.717, 1.165) is 47.8 Å². The maximum atomic E-state index is 13.5. The molecule has 0 unspecified atom stereocenters. The van der Waals surface area contributed by atoms with E-state index in [0.29, 0.717) is 18.1 Å². The van der Waals surface area contributed by atoms with Gasteiger partial charge in [-0.15, -0.1) is 0 Å². The van der Waals surface area contributed by atoms with Gasteiger partial charge in [-0.1, -0.05) is 6.42 Å². The van der Waals surface area contributed by atoms with Crippen LogP contribution in [0.4, 0.5) is 8.78 Å². The zero-order valence-corrected chi connectivity index (χ0v) is 18.9. The second-order valence-electron chi connectivity index (χ2n) is 8.60. The van der Waals surface area contributed by atoms with Crippen LogP contribution >= 0.6 is 0 Å². The first kappa shape index (κ1) is 22.3. The topological polar surface area (TPSA) is 41.1 Å². The Morgan fingerprint density at radius 3 is 1.97 bits per heavy atom. The number of aromatic nitrogens is 2. The molecule has 1 saturated heterocycles. The van der Waals surface area contributed by atoms with Crippen LogP contribution < -0.4 is 4.74 Å². The second kappa shape index (κ2) is 10.2. The van der Waals surface area contributed by atoms with Gasteiger partial charge in [-0.25, -0.2) is 13.8 Å². The SMILES string of the molecule is Fc1ccc(-c2nc(-c3ccc(OCCN4CCCCC4)cc3)[nH]c2-c2ccc(F)cc2)cc1. The van der Waals surface area contributed by atoms with Gasteiger partial charge in [0.1, 0.15) is 29.8 Å². The van der Waals surface area contributed by atoms with Crippen LogP contribution in [0.1, 0.15) is 19.3 Å². The van der Waals surface area contributed by atoms with Crippen molar-refractivity contribution < 1.29 is 13.5 Å². The molecule has 3 aromatic carbocycles. The van der Waals surface area contributed by atoms with Crippen molar-refractivity contribution in [2.75, 3.05) is 26.2 Å². The molecule has 5 rings (SSSR count). The van der Waals surface area contributed by atoms with Crippen molar-refractivity contribution in [3.05, 3.63) is 84.4 Å². The van der Waals surface area contributed by atoms with E-state index in [1.165, 1.54) is 43.5 Å². The Morgan fingerprint density at radius 1 is 0.735 bits per heavy atom. The van der Waals surface area contributed by atoms with Gasteiger partial charge >= 0.3 is 0 Å². The minimum atomic E-state index is -0.307. The maximum absolute atomic E-state index is 13.5. The molecule has 6 heteroatoms. The van der Waals surface area contributed by atoms with Crippen LogP contribution in [0, 0.1) is 11.6 Å². The number of hydrogen-bond donors (Lipinski definition) is 1. The third kappa shape index (κ3) is 5.18. The Kier molecular flexibility index (Phi) is 6.67. The predicted molar refractivity (Wildman–Crippen MR) is 131 cm³/mol. The molecule has 174 valence electrons. The lowest BCUT2D eigenvalue weighted by molar-refractivity contribution is 0.183. The van der Waals surface area contributed by atoms with E-state index in [4.69, 9.17) is 9.72 Å². The molecule has 4 aromatic rings. The fourth-order valence-electron chi connectivity index (χ4n) is 4.34. The summed E-state index contributed by atoms with van der Waals surface area (Å²) in [7, 11) is 0. The number of piperidine rings is 1. The first-order valence-electron chi connectivity index (χ1n) is 11.7. The molecule has 0 spiro atoms. The number of likely N-dealkylation sites (tertiary alicyclic amines) is 1. The van der Waals surface area contributed by atoms with Gasteiger partial charge in [0.25, 0.3) is 0 Å². The van der Waals surface area contributed by atoms with Gasteiger partial charge in [-0.3, -0.25) is 4.90 Å². The summed E-state index contributed by atoms with van der Waals surface area (Å²) in [4.78, 5) is 10.6. The summed E-state index contributed by atoms with van der Waals surface area (Å²) in [6.45, 7) is 3.94. The number of benzene rings is 3. The number of halogens is 2. The fraction of sp³-hybridized carbons (Fsp3) is 0.250. The molecule has 1 fully saturated rings. The summed E-state index contributed by atoms with van der Waals surface area (Å²) < 4.78 is 32.9. The van der Waals surface area contributed by atoms with Gasteiger partial charge < -0.3 is 9.72 Å². The van der Waals surface area contributed by atoms with Crippen LogP contribution in [0.2, 0.25) is 0 Å². The molecule has 0 aliphatic carbocycles. The molecule has 0 radical (unpaired) electrons. The molecule has 1 aliphatic heterocycles. The molecule has 34 heavy (non-hydrogen) atoms. The van der Waals surface area contributed by atoms with Gasteiger partial charge in [0.05, 0.1) is 11.4 Å². The van der Waals surface area contributed by atoms with Crippen molar-refractivity contribution in [3.63, 3.8) is 0 Å². The molecule has 0 atom stereocenters. The summed E-state index contributed by atoms with van der Waals surface area (Å²) in [5.74, 6) is 0.893. The Labute approximate surface area is 198 Å². The molecule has 2 heterocycles. The third-order valence-electron chi connectivity index (χ3n) is 6.21. The van der Waals surface area contributed by atoms with Gasteiger partial charge in [-0.2, -0.15) is 0 Å². The first-order chi connectivity index (χ1) is 16.7. The monoisotopic (exact) mass is 459 g/mol. The molecule has 0 amide bonds. The van der Waals surface area contributed by atoms with Crippen LogP contribution in [-0.4, -0.2) is 41.1 Å². The van der Waals surface area contributed by atoms with E-state index in [1.54, 1.807) is 24.3 Å². The lowest BCUT2D eigenvalue weighted by atomic mass is 10.1. The Hall–Kier alpha value is -3.51. The molecule has 0 saturated carbocycles. The van der Waals surface area contributed by atoms with Crippen LogP contribution in [-0.2, 0) is 0 Å². The highest BCUT2D eigenvalue weighted by Gasteiger charge is 2.16. The number of nitrogens with zero attached hydrogens (tertiary/aromatic N) is 2. The van der Waals surface area contributed by atoms with E-state index in [-0.39, 0.29) is 11.6 Å². The zero-order valence-electron chi connectivity index (χ0n) is 18.9. The molecular formula is C28H27F2N3O. The average molecular weight is 460 g/mol. The van der Waals surface area contributed by atoms with E-state index < -0.39 is 0 Å². The van der Waals surface area contributed by atoms with Crippen molar-refractivity contribution in [2.45, 2.75) is 19.3 Å². The van der Waals surface area contributed by atoms with Gasteiger partial charge in [-0.05, 0) is 98.7 Å². The van der Waals surface area contributed by atoms with Crippen LogP contribution in [0.15, 0.2) is 72.8 Å². The highest BCUT2D eigenvalue weighted by molar-refractivity contribution is 5.81. The lowest BCUT2D eigenvalue weighted by Gasteiger charge is -2.26. The number of nitrogens with one attached hydrogen (secondary N) is 1. The van der Waals surface area contributed by atoms with Crippen molar-refractivity contribution in [3.8, 4) is 39.7 Å². The largest absolute Gasteiger partial charge is 0.492 e. The summed E-state index contributed by atoms with van der Waals surface area (Å²) in [6.07, 6.45) is 3.88. The second-order valence-corrected chi connectivity index (χ2v) is 8.60. The normalized spacial score (nSPS) is 14.3. The maximum Gasteiger partial charge on any atom is 0.138 e. The van der Waals surface area contributed by atoms with Crippen molar-refractivity contribution in [1.82, 2.24) is 14.9 Å². The molecule has 1 aromatic heterocycles. The summed E-state index contributed by atoms with van der Waals surface area (Å²) in [5.41, 5.74) is 3.92.